The number of nitrogens with zero attached hydrogens (tertiary/aromatic N) is 2. The molecule has 0 amide bonds. The van der Waals surface area contributed by atoms with Crippen LogP contribution in [0.3, 0.4) is 0 Å². The van der Waals surface area contributed by atoms with Crippen LogP contribution in [0.5, 0.6) is 0 Å². The minimum absolute atomic E-state index is 0. The minimum Gasteiger partial charge on any atom is -0.467 e. The zero-order chi connectivity index (χ0) is 16.7. The van der Waals surface area contributed by atoms with Crippen molar-refractivity contribution in [3.8, 4) is 0 Å². The van der Waals surface area contributed by atoms with Crippen molar-refractivity contribution in [1.29, 1.82) is 0 Å². The van der Waals surface area contributed by atoms with Crippen LogP contribution in [0.2, 0.25) is 0 Å². The Morgan fingerprint density at radius 1 is 1.42 bits per heavy atom. The first-order chi connectivity index (χ1) is 11.2. The Morgan fingerprint density at radius 3 is 2.75 bits per heavy atom. The lowest BCUT2D eigenvalue weighted by Crippen LogP contribution is -2.40. The third kappa shape index (κ3) is 5.65. The average Bonchev–Trinajstić information content (AvgIpc) is 3.24. The number of aliphatic imine (C=N–C) groups is 1. The highest BCUT2D eigenvalue weighted by molar-refractivity contribution is 14.0. The largest absolute Gasteiger partial charge is 0.467 e. The summed E-state index contributed by atoms with van der Waals surface area (Å²) in [7, 11) is 0. The van der Waals surface area contributed by atoms with Gasteiger partial charge in [-0.05, 0) is 37.3 Å². The maximum absolute atomic E-state index is 10.1. The molecule has 0 bridgehead atoms. The Morgan fingerprint density at radius 2 is 2.17 bits per heavy atom. The van der Waals surface area contributed by atoms with Gasteiger partial charge in [0, 0.05) is 19.6 Å². The van der Waals surface area contributed by atoms with E-state index in [4.69, 9.17) is 4.42 Å². The van der Waals surface area contributed by atoms with Crippen LogP contribution in [0, 0.1) is 11.8 Å². The normalized spacial score (nSPS) is 19.5. The Balaban J connectivity index is 0.00000288. The summed E-state index contributed by atoms with van der Waals surface area (Å²) >= 11 is 0. The predicted molar refractivity (Wildman–Crippen MR) is 109 cm³/mol. The first-order valence-corrected chi connectivity index (χ1v) is 8.94. The Kier molecular flexibility index (Phi) is 9.73. The monoisotopic (exact) mass is 449 g/mol. The lowest BCUT2D eigenvalue weighted by Gasteiger charge is -2.24. The van der Waals surface area contributed by atoms with Crippen molar-refractivity contribution >= 4 is 29.9 Å². The summed E-state index contributed by atoms with van der Waals surface area (Å²) in [4.78, 5) is 6.95. The van der Waals surface area contributed by atoms with Gasteiger partial charge in [0.05, 0.1) is 12.8 Å². The standard InChI is InChI=1S/C18H31N3O2.HI/c1-4-14(5-2)15-9-10-21(13-15)18(19-6-3)20-12-16(22)17-8-7-11-23-17;/h7-8,11,14-16,22H,4-6,9-10,12-13H2,1-3H3,(H,19,20);1H. The van der Waals surface area contributed by atoms with Crippen LogP contribution in [-0.2, 0) is 0 Å². The van der Waals surface area contributed by atoms with E-state index in [9.17, 15) is 5.11 Å². The van der Waals surface area contributed by atoms with Crippen molar-refractivity contribution in [2.24, 2.45) is 16.8 Å². The summed E-state index contributed by atoms with van der Waals surface area (Å²) in [5, 5.41) is 13.5. The van der Waals surface area contributed by atoms with Gasteiger partial charge in [0.1, 0.15) is 11.9 Å². The number of rotatable bonds is 7. The third-order valence-electron chi connectivity index (χ3n) is 4.86. The van der Waals surface area contributed by atoms with E-state index in [1.165, 1.54) is 19.3 Å². The second-order valence-corrected chi connectivity index (χ2v) is 6.30. The summed E-state index contributed by atoms with van der Waals surface area (Å²) < 4.78 is 5.24. The first kappa shape index (κ1) is 21.3. The van der Waals surface area contributed by atoms with Gasteiger partial charge in [0.25, 0.3) is 0 Å². The van der Waals surface area contributed by atoms with Crippen LogP contribution in [0.15, 0.2) is 27.8 Å². The van der Waals surface area contributed by atoms with Crippen molar-refractivity contribution < 1.29 is 9.52 Å². The van der Waals surface area contributed by atoms with Crippen LogP contribution in [-0.4, -0.2) is 42.1 Å². The van der Waals surface area contributed by atoms with Crippen LogP contribution in [0.4, 0.5) is 0 Å². The van der Waals surface area contributed by atoms with Gasteiger partial charge in [-0.1, -0.05) is 26.7 Å². The highest BCUT2D eigenvalue weighted by atomic mass is 127. The summed E-state index contributed by atoms with van der Waals surface area (Å²) in [6.07, 6.45) is 4.63. The maximum Gasteiger partial charge on any atom is 0.194 e. The number of likely N-dealkylation sites (tertiary alicyclic amines) is 1. The Hall–Kier alpha value is -0.760. The molecule has 2 atom stereocenters. The van der Waals surface area contributed by atoms with E-state index in [-0.39, 0.29) is 24.0 Å². The molecule has 0 aliphatic carbocycles. The van der Waals surface area contributed by atoms with Gasteiger partial charge < -0.3 is 19.7 Å². The number of nitrogens with one attached hydrogen (secondary N) is 1. The molecule has 0 spiro atoms. The fourth-order valence-electron chi connectivity index (χ4n) is 3.49. The molecular weight excluding hydrogens is 417 g/mol. The molecule has 24 heavy (non-hydrogen) atoms. The number of halogens is 1. The Bertz CT molecular complexity index is 475. The molecule has 1 aromatic heterocycles. The first-order valence-electron chi connectivity index (χ1n) is 8.94. The minimum atomic E-state index is -0.684. The van der Waals surface area contributed by atoms with Crippen LogP contribution in [0.1, 0.15) is 51.9 Å². The zero-order valence-electron chi connectivity index (χ0n) is 15.1. The Labute approximate surface area is 162 Å². The van der Waals surface area contributed by atoms with E-state index in [1.54, 1.807) is 18.4 Å². The average molecular weight is 449 g/mol. The van der Waals surface area contributed by atoms with Gasteiger partial charge >= 0.3 is 0 Å². The molecule has 5 nitrogen and oxygen atoms in total. The molecule has 0 radical (unpaired) electrons. The molecule has 2 unspecified atom stereocenters. The van der Waals surface area contributed by atoms with Crippen LogP contribution < -0.4 is 5.32 Å². The molecular formula is C18H32IN3O2. The van der Waals surface area contributed by atoms with E-state index in [1.807, 2.05) is 0 Å². The van der Waals surface area contributed by atoms with Gasteiger partial charge in [-0.3, -0.25) is 0 Å². The van der Waals surface area contributed by atoms with E-state index in [2.05, 4.69) is 36.0 Å². The third-order valence-corrected chi connectivity index (χ3v) is 4.86. The number of guanidine groups is 1. The maximum atomic E-state index is 10.1. The molecule has 0 aromatic carbocycles. The smallest absolute Gasteiger partial charge is 0.194 e. The van der Waals surface area contributed by atoms with Crippen LogP contribution in [0.25, 0.3) is 0 Å². The van der Waals surface area contributed by atoms with Gasteiger partial charge in [-0.2, -0.15) is 0 Å². The molecule has 1 fully saturated rings. The molecule has 1 saturated heterocycles. The highest BCUT2D eigenvalue weighted by Crippen LogP contribution is 2.28. The highest BCUT2D eigenvalue weighted by Gasteiger charge is 2.29. The number of aliphatic hydroxyl groups is 1. The fourth-order valence-corrected chi connectivity index (χ4v) is 3.49. The molecule has 0 saturated carbocycles. The molecule has 6 heteroatoms. The van der Waals surface area contributed by atoms with Gasteiger partial charge in [0.15, 0.2) is 5.96 Å². The van der Waals surface area contributed by atoms with E-state index in [0.29, 0.717) is 12.3 Å². The van der Waals surface area contributed by atoms with E-state index < -0.39 is 6.10 Å². The summed E-state index contributed by atoms with van der Waals surface area (Å²) in [6.45, 7) is 9.92. The number of hydrogen-bond donors (Lipinski definition) is 2. The van der Waals surface area contributed by atoms with Crippen molar-refractivity contribution in [2.45, 2.75) is 46.1 Å². The lowest BCUT2D eigenvalue weighted by molar-refractivity contribution is 0.158. The molecule has 1 aromatic rings. The lowest BCUT2D eigenvalue weighted by atomic mass is 9.87. The van der Waals surface area contributed by atoms with Crippen LogP contribution >= 0.6 is 24.0 Å². The van der Waals surface area contributed by atoms with Crippen molar-refractivity contribution in [3.05, 3.63) is 24.2 Å². The van der Waals surface area contributed by atoms with Gasteiger partial charge in [0.2, 0.25) is 0 Å². The number of furan rings is 1. The van der Waals surface area contributed by atoms with Crippen molar-refractivity contribution in [1.82, 2.24) is 10.2 Å². The predicted octanol–water partition coefficient (Wildman–Crippen LogP) is 3.65. The summed E-state index contributed by atoms with van der Waals surface area (Å²) in [5.74, 6) is 3.04. The fraction of sp³-hybridized carbons (Fsp3) is 0.722. The van der Waals surface area contributed by atoms with Gasteiger partial charge in [-0.25, -0.2) is 4.99 Å². The van der Waals surface area contributed by atoms with Crippen molar-refractivity contribution in [2.75, 3.05) is 26.2 Å². The summed E-state index contributed by atoms with van der Waals surface area (Å²) in [6, 6.07) is 3.57. The molecule has 1 aliphatic rings. The topological polar surface area (TPSA) is 61.0 Å². The van der Waals surface area contributed by atoms with Gasteiger partial charge in [-0.15, -0.1) is 24.0 Å². The quantitative estimate of drug-likeness (QED) is 0.379. The summed E-state index contributed by atoms with van der Waals surface area (Å²) in [5.41, 5.74) is 0. The number of aliphatic hydroxyl groups excluding tert-OH is 1. The molecule has 2 N–H and O–H groups in total. The number of hydrogen-bond acceptors (Lipinski definition) is 3. The SMILES string of the molecule is CCNC(=NCC(O)c1ccco1)N1CCC(C(CC)CC)C1.I. The molecule has 138 valence electrons. The van der Waals surface area contributed by atoms with Crippen molar-refractivity contribution in [3.63, 3.8) is 0 Å². The molecule has 2 rings (SSSR count). The van der Waals surface area contributed by atoms with E-state index >= 15 is 0 Å². The second-order valence-electron chi connectivity index (χ2n) is 6.30. The zero-order valence-corrected chi connectivity index (χ0v) is 17.4. The molecule has 2 heterocycles. The second kappa shape index (κ2) is 11.0. The van der Waals surface area contributed by atoms with E-state index in [0.717, 1.165) is 37.4 Å². The molecule has 1 aliphatic heterocycles.